The van der Waals surface area contributed by atoms with Gasteiger partial charge >= 0.3 is 5.97 Å². The molecule has 1 aliphatic rings. The van der Waals surface area contributed by atoms with Crippen LogP contribution in [-0.4, -0.2) is 38.4 Å². The molecule has 0 aromatic heterocycles. The highest BCUT2D eigenvalue weighted by molar-refractivity contribution is 7.89. The molecule has 0 spiro atoms. The molecule has 0 radical (unpaired) electrons. The zero-order chi connectivity index (χ0) is 19.3. The minimum atomic E-state index is -3.69. The van der Waals surface area contributed by atoms with E-state index in [2.05, 4.69) is 0 Å². The molecule has 144 valence electrons. The minimum absolute atomic E-state index is 0.0372. The van der Waals surface area contributed by atoms with Crippen LogP contribution in [-0.2, 0) is 21.2 Å². The third-order valence-electron chi connectivity index (χ3n) is 4.54. The molecule has 3 rings (SSSR count). The molecule has 1 saturated heterocycles. The van der Waals surface area contributed by atoms with Crippen molar-refractivity contribution in [3.63, 3.8) is 0 Å². The number of esters is 1. The van der Waals surface area contributed by atoms with Gasteiger partial charge in [0.15, 0.2) is 0 Å². The molecule has 1 fully saturated rings. The molecule has 0 bridgehead atoms. The average molecular weight is 408 g/mol. The highest BCUT2D eigenvalue weighted by Crippen LogP contribution is 2.28. The zero-order valence-corrected chi connectivity index (χ0v) is 16.5. The number of carbonyl (C=O) groups excluding carboxylic acids is 1. The first-order chi connectivity index (χ1) is 13.0. The first-order valence-corrected chi connectivity index (χ1v) is 10.8. The Morgan fingerprint density at radius 1 is 1.07 bits per heavy atom. The van der Waals surface area contributed by atoms with Crippen LogP contribution in [0.1, 0.15) is 35.2 Å². The second kappa shape index (κ2) is 8.87. The molecule has 1 heterocycles. The first kappa shape index (κ1) is 19.9. The van der Waals surface area contributed by atoms with Crippen molar-refractivity contribution >= 4 is 27.6 Å². The Morgan fingerprint density at radius 2 is 1.78 bits per heavy atom. The summed E-state index contributed by atoms with van der Waals surface area (Å²) in [6.07, 6.45) is 3.17. The fourth-order valence-corrected chi connectivity index (χ4v) is 5.08. The van der Waals surface area contributed by atoms with E-state index < -0.39 is 16.0 Å². The molecule has 2 aromatic rings. The SMILES string of the molecule is O=C(OCCCc1ccccc1)c1ccc(Cl)c(S(=O)(=O)N2CCCC2)c1. The van der Waals surface area contributed by atoms with Crippen LogP contribution in [0.4, 0.5) is 0 Å². The Morgan fingerprint density at radius 3 is 2.48 bits per heavy atom. The van der Waals surface area contributed by atoms with E-state index in [0.29, 0.717) is 19.5 Å². The maximum Gasteiger partial charge on any atom is 0.338 e. The Labute approximate surface area is 165 Å². The van der Waals surface area contributed by atoms with Crippen LogP contribution in [0.5, 0.6) is 0 Å². The van der Waals surface area contributed by atoms with Crippen molar-refractivity contribution in [3.8, 4) is 0 Å². The van der Waals surface area contributed by atoms with Gasteiger partial charge < -0.3 is 4.74 Å². The summed E-state index contributed by atoms with van der Waals surface area (Å²) in [7, 11) is -3.69. The monoisotopic (exact) mass is 407 g/mol. The molecular weight excluding hydrogens is 386 g/mol. The molecular formula is C20H22ClNO4S. The van der Waals surface area contributed by atoms with E-state index in [-0.39, 0.29) is 22.1 Å². The van der Waals surface area contributed by atoms with E-state index in [9.17, 15) is 13.2 Å². The maximum atomic E-state index is 12.7. The summed E-state index contributed by atoms with van der Waals surface area (Å²) >= 11 is 6.10. The number of halogens is 1. The lowest BCUT2D eigenvalue weighted by atomic mass is 10.1. The normalized spacial score (nSPS) is 15.0. The second-order valence-electron chi connectivity index (χ2n) is 6.48. The van der Waals surface area contributed by atoms with Crippen molar-refractivity contribution in [2.45, 2.75) is 30.6 Å². The van der Waals surface area contributed by atoms with Crippen LogP contribution in [0.3, 0.4) is 0 Å². The number of benzene rings is 2. The zero-order valence-electron chi connectivity index (χ0n) is 14.9. The standard InChI is InChI=1S/C20H22ClNO4S/c21-18-11-10-17(15-19(18)27(24,25)22-12-4-5-13-22)20(23)26-14-6-9-16-7-2-1-3-8-16/h1-3,7-8,10-11,15H,4-6,9,12-14H2. The number of rotatable bonds is 7. The van der Waals surface area contributed by atoms with Crippen molar-refractivity contribution in [2.75, 3.05) is 19.7 Å². The van der Waals surface area contributed by atoms with E-state index in [1.807, 2.05) is 30.3 Å². The van der Waals surface area contributed by atoms with Gasteiger partial charge in [-0.1, -0.05) is 41.9 Å². The van der Waals surface area contributed by atoms with Crippen molar-refractivity contribution in [1.82, 2.24) is 4.31 Å². The molecule has 0 amide bonds. The lowest BCUT2D eigenvalue weighted by Crippen LogP contribution is -2.28. The topological polar surface area (TPSA) is 63.7 Å². The van der Waals surface area contributed by atoms with Crippen LogP contribution < -0.4 is 0 Å². The number of sulfonamides is 1. The Bertz CT molecular complexity index is 893. The van der Waals surface area contributed by atoms with Gasteiger partial charge in [0.2, 0.25) is 10.0 Å². The van der Waals surface area contributed by atoms with Gasteiger partial charge in [-0.2, -0.15) is 4.31 Å². The molecule has 5 nitrogen and oxygen atoms in total. The number of hydrogen-bond donors (Lipinski definition) is 0. The summed E-state index contributed by atoms with van der Waals surface area (Å²) in [6.45, 7) is 1.23. The predicted octanol–water partition coefficient (Wildman–Crippen LogP) is 3.91. The molecule has 7 heteroatoms. The number of hydrogen-bond acceptors (Lipinski definition) is 4. The van der Waals surface area contributed by atoms with Crippen molar-refractivity contribution in [3.05, 3.63) is 64.7 Å². The van der Waals surface area contributed by atoms with Gasteiger partial charge in [-0.05, 0) is 49.4 Å². The average Bonchev–Trinajstić information content (AvgIpc) is 3.22. The lowest BCUT2D eigenvalue weighted by Gasteiger charge is -2.17. The van der Waals surface area contributed by atoms with Gasteiger partial charge in [0, 0.05) is 13.1 Å². The Balaban J connectivity index is 1.63. The van der Waals surface area contributed by atoms with E-state index in [1.165, 1.54) is 28.1 Å². The maximum absolute atomic E-state index is 12.7. The fraction of sp³-hybridized carbons (Fsp3) is 0.350. The largest absolute Gasteiger partial charge is 0.462 e. The van der Waals surface area contributed by atoms with Gasteiger partial charge in [-0.3, -0.25) is 0 Å². The van der Waals surface area contributed by atoms with Crippen molar-refractivity contribution < 1.29 is 17.9 Å². The van der Waals surface area contributed by atoms with Crippen LogP contribution in [0, 0.1) is 0 Å². The number of aryl methyl sites for hydroxylation is 1. The summed E-state index contributed by atoms with van der Waals surface area (Å²) in [6, 6.07) is 14.2. The van der Waals surface area contributed by atoms with Crippen LogP contribution in [0.2, 0.25) is 5.02 Å². The molecule has 27 heavy (non-hydrogen) atoms. The van der Waals surface area contributed by atoms with E-state index >= 15 is 0 Å². The first-order valence-electron chi connectivity index (χ1n) is 8.99. The Hall–Kier alpha value is -1.89. The van der Waals surface area contributed by atoms with E-state index in [1.54, 1.807) is 0 Å². The summed E-state index contributed by atoms with van der Waals surface area (Å²) in [5.74, 6) is -0.544. The van der Waals surface area contributed by atoms with Crippen LogP contribution in [0.15, 0.2) is 53.4 Å². The second-order valence-corrected chi connectivity index (χ2v) is 8.80. The quantitative estimate of drug-likeness (QED) is 0.515. The molecule has 1 aliphatic heterocycles. The highest BCUT2D eigenvalue weighted by atomic mass is 35.5. The molecule has 0 atom stereocenters. The molecule has 0 aliphatic carbocycles. The predicted molar refractivity (Wildman–Crippen MR) is 104 cm³/mol. The van der Waals surface area contributed by atoms with E-state index in [4.69, 9.17) is 16.3 Å². The summed E-state index contributed by atoms with van der Waals surface area (Å²) in [5, 5.41) is 0.113. The van der Waals surface area contributed by atoms with Gasteiger partial charge in [0.1, 0.15) is 4.90 Å². The molecule has 2 aromatic carbocycles. The number of ether oxygens (including phenoxy) is 1. The third kappa shape index (κ3) is 4.89. The molecule has 0 unspecified atom stereocenters. The summed E-state index contributed by atoms with van der Waals surface area (Å²) in [5.41, 5.74) is 1.37. The minimum Gasteiger partial charge on any atom is -0.462 e. The Kier molecular flexibility index (Phi) is 6.52. The smallest absolute Gasteiger partial charge is 0.338 e. The van der Waals surface area contributed by atoms with Gasteiger partial charge in [0.05, 0.1) is 17.2 Å². The highest BCUT2D eigenvalue weighted by Gasteiger charge is 2.29. The number of nitrogens with zero attached hydrogens (tertiary/aromatic N) is 1. The van der Waals surface area contributed by atoms with E-state index in [0.717, 1.165) is 19.3 Å². The lowest BCUT2D eigenvalue weighted by molar-refractivity contribution is 0.0500. The van der Waals surface area contributed by atoms with Crippen molar-refractivity contribution in [2.24, 2.45) is 0 Å². The molecule has 0 saturated carbocycles. The van der Waals surface area contributed by atoms with Crippen LogP contribution in [0.25, 0.3) is 0 Å². The summed E-state index contributed by atoms with van der Waals surface area (Å²) in [4.78, 5) is 12.3. The van der Waals surface area contributed by atoms with Gasteiger partial charge in [-0.25, -0.2) is 13.2 Å². The summed E-state index contributed by atoms with van der Waals surface area (Å²) < 4.78 is 32.2. The van der Waals surface area contributed by atoms with Gasteiger partial charge in [0.25, 0.3) is 0 Å². The number of carbonyl (C=O) groups is 1. The third-order valence-corrected chi connectivity index (χ3v) is 6.92. The van der Waals surface area contributed by atoms with Crippen molar-refractivity contribution in [1.29, 1.82) is 0 Å². The molecule has 0 N–H and O–H groups in total. The fourth-order valence-electron chi connectivity index (χ4n) is 3.06. The van der Waals surface area contributed by atoms with Gasteiger partial charge in [-0.15, -0.1) is 0 Å². The van der Waals surface area contributed by atoms with Crippen LogP contribution >= 0.6 is 11.6 Å².